The number of nitrogens with zero attached hydrogens (tertiary/aromatic N) is 2. The number of ether oxygens (including phenoxy) is 2. The SMILES string of the molecule is CCOc1ccc(/C(O)=C2\C(=O)C(=O)N(c3nc4ccc(OCC)cc4s3)C2c2ccc(C)o2)cc1. The maximum atomic E-state index is 13.3. The standard InChI is InChI=1S/C27H24N2O6S/c1-4-33-17-9-7-16(8-10-17)24(30)22-23(20-13-6-15(3)35-20)29(26(32)25(22)31)27-28-19-12-11-18(34-5-2)14-21(19)36-27/h6-14,23,30H,4-5H2,1-3H3/b24-22+. The first-order chi connectivity index (χ1) is 17.4. The predicted octanol–water partition coefficient (Wildman–Crippen LogP) is 5.62. The Kier molecular flexibility index (Phi) is 6.24. The average molecular weight is 505 g/mol. The Morgan fingerprint density at radius 1 is 1.03 bits per heavy atom. The van der Waals surface area contributed by atoms with Crippen molar-refractivity contribution in [3.05, 3.63) is 77.3 Å². The van der Waals surface area contributed by atoms with Crippen LogP contribution in [0.5, 0.6) is 11.5 Å². The van der Waals surface area contributed by atoms with Crippen molar-refractivity contribution in [3.63, 3.8) is 0 Å². The van der Waals surface area contributed by atoms with E-state index in [0.717, 1.165) is 4.70 Å². The summed E-state index contributed by atoms with van der Waals surface area (Å²) in [5.74, 6) is 0.401. The molecule has 1 saturated heterocycles. The van der Waals surface area contributed by atoms with Crippen molar-refractivity contribution in [2.24, 2.45) is 0 Å². The zero-order chi connectivity index (χ0) is 25.4. The molecule has 1 N–H and O–H groups in total. The predicted molar refractivity (Wildman–Crippen MR) is 137 cm³/mol. The zero-order valence-corrected chi connectivity index (χ0v) is 20.8. The largest absolute Gasteiger partial charge is 0.507 e. The normalized spacial score (nSPS) is 17.2. The van der Waals surface area contributed by atoms with E-state index in [2.05, 4.69) is 4.98 Å². The van der Waals surface area contributed by atoms with Gasteiger partial charge in [0.2, 0.25) is 0 Å². The van der Waals surface area contributed by atoms with E-state index in [1.54, 1.807) is 43.3 Å². The Morgan fingerprint density at radius 2 is 1.72 bits per heavy atom. The van der Waals surface area contributed by atoms with E-state index >= 15 is 0 Å². The molecule has 1 atom stereocenters. The number of aromatic nitrogens is 1. The molecule has 0 spiro atoms. The first-order valence-corrected chi connectivity index (χ1v) is 12.4. The summed E-state index contributed by atoms with van der Waals surface area (Å²) in [6.07, 6.45) is 0. The number of Topliss-reactive ketones (excluding diaryl/α,β-unsaturated/α-hetero) is 1. The fourth-order valence-electron chi connectivity index (χ4n) is 4.18. The fourth-order valence-corrected chi connectivity index (χ4v) is 5.20. The molecule has 4 aromatic rings. The van der Waals surface area contributed by atoms with Gasteiger partial charge in [-0.2, -0.15) is 0 Å². The Morgan fingerprint density at radius 3 is 2.39 bits per heavy atom. The van der Waals surface area contributed by atoms with Gasteiger partial charge >= 0.3 is 5.91 Å². The second-order valence-corrected chi connectivity index (χ2v) is 9.14. The van der Waals surface area contributed by atoms with Gasteiger partial charge < -0.3 is 19.0 Å². The molecule has 3 heterocycles. The summed E-state index contributed by atoms with van der Waals surface area (Å²) in [7, 11) is 0. The van der Waals surface area contributed by atoms with E-state index < -0.39 is 17.7 Å². The van der Waals surface area contributed by atoms with Crippen LogP contribution in [-0.2, 0) is 9.59 Å². The summed E-state index contributed by atoms with van der Waals surface area (Å²) in [6.45, 7) is 6.57. The number of aryl methyl sites for hydroxylation is 1. The van der Waals surface area contributed by atoms with Crippen molar-refractivity contribution in [2.45, 2.75) is 26.8 Å². The second kappa shape index (κ2) is 9.50. The van der Waals surface area contributed by atoms with E-state index in [1.807, 2.05) is 32.0 Å². The summed E-state index contributed by atoms with van der Waals surface area (Å²) >= 11 is 1.26. The molecule has 2 aromatic heterocycles. The highest BCUT2D eigenvalue weighted by Gasteiger charge is 2.49. The second-order valence-electron chi connectivity index (χ2n) is 8.13. The lowest BCUT2D eigenvalue weighted by atomic mass is 9.99. The molecule has 184 valence electrons. The molecule has 1 unspecified atom stereocenters. The Bertz CT molecular complexity index is 1480. The van der Waals surface area contributed by atoms with Gasteiger partial charge in [-0.25, -0.2) is 4.98 Å². The first kappa shape index (κ1) is 23.6. The lowest BCUT2D eigenvalue weighted by Crippen LogP contribution is -2.29. The zero-order valence-electron chi connectivity index (χ0n) is 20.0. The van der Waals surface area contributed by atoms with Crippen molar-refractivity contribution in [3.8, 4) is 11.5 Å². The van der Waals surface area contributed by atoms with Crippen LogP contribution < -0.4 is 14.4 Å². The first-order valence-electron chi connectivity index (χ1n) is 11.5. The highest BCUT2D eigenvalue weighted by Crippen LogP contribution is 2.45. The number of aliphatic hydroxyl groups is 1. The molecule has 0 aliphatic carbocycles. The van der Waals surface area contributed by atoms with Crippen LogP contribution in [0.2, 0.25) is 0 Å². The number of rotatable bonds is 7. The lowest BCUT2D eigenvalue weighted by Gasteiger charge is -2.20. The summed E-state index contributed by atoms with van der Waals surface area (Å²) in [4.78, 5) is 32.6. The molecule has 1 fully saturated rings. The molecule has 0 radical (unpaired) electrons. The quantitative estimate of drug-likeness (QED) is 0.198. The van der Waals surface area contributed by atoms with Crippen molar-refractivity contribution >= 4 is 44.1 Å². The monoisotopic (exact) mass is 504 g/mol. The smallest absolute Gasteiger partial charge is 0.302 e. The molecule has 0 saturated carbocycles. The summed E-state index contributed by atoms with van der Waals surface area (Å²) < 4.78 is 17.7. The lowest BCUT2D eigenvalue weighted by molar-refractivity contribution is -0.132. The Balaban J connectivity index is 1.64. The number of hydrogen-bond donors (Lipinski definition) is 1. The molecule has 36 heavy (non-hydrogen) atoms. The highest BCUT2D eigenvalue weighted by atomic mass is 32.1. The molecule has 1 aliphatic heterocycles. The van der Waals surface area contributed by atoms with Crippen LogP contribution in [0.4, 0.5) is 5.13 Å². The van der Waals surface area contributed by atoms with E-state index in [1.165, 1.54) is 16.2 Å². The molecule has 9 heteroatoms. The van der Waals surface area contributed by atoms with Crippen LogP contribution in [-0.4, -0.2) is 35.0 Å². The van der Waals surface area contributed by atoms with Crippen LogP contribution in [0.3, 0.4) is 0 Å². The summed E-state index contributed by atoms with van der Waals surface area (Å²) in [6, 6.07) is 14.6. The number of furan rings is 1. The van der Waals surface area contributed by atoms with Gasteiger partial charge in [-0.3, -0.25) is 14.5 Å². The number of amides is 1. The van der Waals surface area contributed by atoms with Crippen LogP contribution in [0.15, 0.2) is 64.6 Å². The third-order valence-corrected chi connectivity index (χ3v) is 6.80. The third-order valence-electron chi connectivity index (χ3n) is 5.78. The van der Waals surface area contributed by atoms with Crippen molar-refractivity contribution in [2.75, 3.05) is 18.1 Å². The maximum Gasteiger partial charge on any atom is 0.302 e. The van der Waals surface area contributed by atoms with Crippen LogP contribution in [0.25, 0.3) is 16.0 Å². The topological polar surface area (TPSA) is 102 Å². The van der Waals surface area contributed by atoms with Crippen molar-refractivity contribution < 1.29 is 28.6 Å². The van der Waals surface area contributed by atoms with Gasteiger partial charge in [0, 0.05) is 5.56 Å². The molecular weight excluding hydrogens is 480 g/mol. The minimum absolute atomic E-state index is 0.0622. The van der Waals surface area contributed by atoms with Gasteiger partial charge in [-0.1, -0.05) is 11.3 Å². The minimum Gasteiger partial charge on any atom is -0.507 e. The van der Waals surface area contributed by atoms with Crippen LogP contribution in [0, 0.1) is 6.92 Å². The van der Waals surface area contributed by atoms with E-state index in [4.69, 9.17) is 13.9 Å². The van der Waals surface area contributed by atoms with Gasteiger partial charge in [0.15, 0.2) is 5.13 Å². The Hall–Kier alpha value is -4.11. The van der Waals surface area contributed by atoms with Gasteiger partial charge in [-0.05, 0) is 75.4 Å². The number of fused-ring (bicyclic) bond motifs is 1. The summed E-state index contributed by atoms with van der Waals surface area (Å²) in [5, 5.41) is 11.6. The average Bonchev–Trinajstić information content (AvgIpc) is 3.55. The van der Waals surface area contributed by atoms with E-state index in [0.29, 0.717) is 52.4 Å². The molecule has 2 aromatic carbocycles. The minimum atomic E-state index is -0.975. The number of carbonyl (C=O) groups is 2. The fraction of sp³-hybridized carbons (Fsp3) is 0.222. The number of benzene rings is 2. The number of hydrogen-bond acceptors (Lipinski definition) is 8. The molecule has 8 nitrogen and oxygen atoms in total. The number of ketones is 1. The van der Waals surface area contributed by atoms with Crippen molar-refractivity contribution in [1.29, 1.82) is 0 Å². The van der Waals surface area contributed by atoms with Gasteiger partial charge in [0.1, 0.15) is 34.8 Å². The molecule has 5 rings (SSSR count). The molecule has 0 bridgehead atoms. The molecule has 1 aliphatic rings. The van der Waals surface area contributed by atoms with Crippen LogP contribution in [0.1, 0.15) is 37.0 Å². The number of thiazole rings is 1. The van der Waals surface area contributed by atoms with Crippen LogP contribution >= 0.6 is 11.3 Å². The highest BCUT2D eigenvalue weighted by molar-refractivity contribution is 7.22. The Labute approximate surface area is 211 Å². The van der Waals surface area contributed by atoms with E-state index in [9.17, 15) is 14.7 Å². The number of aliphatic hydroxyl groups excluding tert-OH is 1. The maximum absolute atomic E-state index is 13.3. The van der Waals surface area contributed by atoms with Gasteiger partial charge in [0.25, 0.3) is 5.78 Å². The van der Waals surface area contributed by atoms with Crippen molar-refractivity contribution in [1.82, 2.24) is 4.98 Å². The van der Waals surface area contributed by atoms with E-state index in [-0.39, 0.29) is 11.3 Å². The van der Waals surface area contributed by atoms with Gasteiger partial charge in [-0.15, -0.1) is 0 Å². The van der Waals surface area contributed by atoms with Gasteiger partial charge in [0.05, 0.1) is 29.0 Å². The molecular formula is C27H24N2O6S. The summed E-state index contributed by atoms with van der Waals surface area (Å²) in [5.41, 5.74) is 0.990. The number of carbonyl (C=O) groups excluding carboxylic acids is 2. The molecule has 1 amide bonds. The number of anilines is 1. The third kappa shape index (κ3) is 4.11.